The molecule has 0 aliphatic carbocycles. The molecule has 1 saturated heterocycles. The minimum absolute atomic E-state index is 0.136. The van der Waals surface area contributed by atoms with E-state index >= 15 is 0 Å². The molecule has 0 N–H and O–H groups in total. The van der Waals surface area contributed by atoms with E-state index in [0.717, 1.165) is 54.0 Å². The fraction of sp³-hybridized carbons (Fsp3) is 0.208. The molecule has 1 aliphatic heterocycles. The highest BCUT2D eigenvalue weighted by Crippen LogP contribution is 2.28. The van der Waals surface area contributed by atoms with E-state index in [1.54, 1.807) is 24.5 Å². The number of benzene rings is 2. The molecule has 32 heavy (non-hydrogen) atoms. The molecule has 160 valence electrons. The number of nitro groups is 1. The first-order chi connectivity index (χ1) is 15.7. The zero-order valence-electron chi connectivity index (χ0n) is 17.5. The Hall–Kier alpha value is -3.91. The summed E-state index contributed by atoms with van der Waals surface area (Å²) in [6.45, 7) is 4.05. The third-order valence-corrected chi connectivity index (χ3v) is 5.72. The Morgan fingerprint density at radius 3 is 2.47 bits per heavy atom. The molecular formula is C24H22N6O2. The summed E-state index contributed by atoms with van der Waals surface area (Å²) in [6, 6.07) is 18.8. The Kier molecular flexibility index (Phi) is 5.43. The highest BCUT2D eigenvalue weighted by atomic mass is 16.6. The van der Waals surface area contributed by atoms with Crippen LogP contribution in [0.25, 0.3) is 22.3 Å². The van der Waals surface area contributed by atoms with E-state index in [1.165, 1.54) is 6.07 Å². The molecule has 1 aliphatic rings. The smallest absolute Gasteiger partial charge is 0.269 e. The molecule has 2 aromatic carbocycles. The van der Waals surface area contributed by atoms with E-state index in [4.69, 9.17) is 9.97 Å². The number of aromatic nitrogens is 3. The van der Waals surface area contributed by atoms with Gasteiger partial charge in [-0.1, -0.05) is 24.3 Å². The number of para-hydroxylation sites is 1. The third-order valence-electron chi connectivity index (χ3n) is 5.72. The molecule has 4 aromatic rings. The van der Waals surface area contributed by atoms with Crippen molar-refractivity contribution in [3.05, 3.63) is 88.7 Å². The van der Waals surface area contributed by atoms with Crippen LogP contribution in [0.3, 0.4) is 0 Å². The van der Waals surface area contributed by atoms with Crippen molar-refractivity contribution in [3.8, 4) is 11.4 Å². The number of fused-ring (bicyclic) bond motifs is 1. The van der Waals surface area contributed by atoms with E-state index in [2.05, 4.69) is 20.9 Å². The SMILES string of the molecule is O=[N+]([O-])c1cccc(CN2CCN(c3nc(-c4ccncc4)nc4ccccc34)CC2)c1. The minimum atomic E-state index is -0.345. The first kappa shape index (κ1) is 20.0. The van der Waals surface area contributed by atoms with Crippen molar-refractivity contribution in [2.24, 2.45) is 0 Å². The molecule has 0 radical (unpaired) electrons. The number of non-ortho nitro benzene ring substituents is 1. The van der Waals surface area contributed by atoms with Crippen molar-refractivity contribution in [2.45, 2.75) is 6.54 Å². The molecule has 1 fully saturated rings. The predicted octanol–water partition coefficient (Wildman–Crippen LogP) is 3.92. The summed E-state index contributed by atoms with van der Waals surface area (Å²) in [4.78, 5) is 29.1. The van der Waals surface area contributed by atoms with Crippen LogP contribution in [0.4, 0.5) is 11.5 Å². The fourth-order valence-corrected chi connectivity index (χ4v) is 4.08. The van der Waals surface area contributed by atoms with Crippen molar-refractivity contribution >= 4 is 22.4 Å². The molecule has 5 rings (SSSR count). The van der Waals surface area contributed by atoms with Crippen molar-refractivity contribution < 1.29 is 4.92 Å². The summed E-state index contributed by atoms with van der Waals surface area (Å²) in [6.07, 6.45) is 3.50. The Morgan fingerprint density at radius 2 is 1.69 bits per heavy atom. The van der Waals surface area contributed by atoms with Crippen LogP contribution in [0.1, 0.15) is 5.56 Å². The lowest BCUT2D eigenvalue weighted by atomic mass is 10.1. The predicted molar refractivity (Wildman–Crippen MR) is 123 cm³/mol. The zero-order chi connectivity index (χ0) is 21.9. The standard InChI is InChI=1S/C24H22N6O2/c31-30(32)20-5-3-4-18(16-20)17-28-12-14-29(15-13-28)24-21-6-1-2-7-22(21)26-23(27-24)19-8-10-25-11-9-19/h1-11,16H,12-15,17H2. The molecule has 0 spiro atoms. The van der Waals surface area contributed by atoms with Crippen LogP contribution in [0.15, 0.2) is 73.1 Å². The van der Waals surface area contributed by atoms with Gasteiger partial charge < -0.3 is 4.90 Å². The quantitative estimate of drug-likeness (QED) is 0.353. The van der Waals surface area contributed by atoms with Crippen LogP contribution in [-0.2, 0) is 6.54 Å². The van der Waals surface area contributed by atoms with Gasteiger partial charge >= 0.3 is 0 Å². The van der Waals surface area contributed by atoms with Crippen molar-refractivity contribution in [3.63, 3.8) is 0 Å². The van der Waals surface area contributed by atoms with Gasteiger partial charge in [0.2, 0.25) is 0 Å². The number of hydrogen-bond donors (Lipinski definition) is 0. The number of nitrogens with zero attached hydrogens (tertiary/aromatic N) is 6. The summed E-state index contributed by atoms with van der Waals surface area (Å²) < 4.78 is 0. The van der Waals surface area contributed by atoms with E-state index in [0.29, 0.717) is 12.4 Å². The largest absolute Gasteiger partial charge is 0.353 e. The van der Waals surface area contributed by atoms with Crippen LogP contribution >= 0.6 is 0 Å². The molecule has 0 bridgehead atoms. The summed E-state index contributed by atoms with van der Waals surface area (Å²) in [5.74, 6) is 1.64. The first-order valence-electron chi connectivity index (χ1n) is 10.6. The summed E-state index contributed by atoms with van der Waals surface area (Å²) in [7, 11) is 0. The monoisotopic (exact) mass is 426 g/mol. The summed E-state index contributed by atoms with van der Waals surface area (Å²) in [5, 5.41) is 12.1. The topological polar surface area (TPSA) is 88.3 Å². The summed E-state index contributed by atoms with van der Waals surface area (Å²) in [5.41, 5.74) is 2.96. The molecule has 8 heteroatoms. The molecule has 0 saturated carbocycles. The molecule has 2 aromatic heterocycles. The Labute approximate surface area is 185 Å². The number of pyridine rings is 1. The van der Waals surface area contributed by atoms with E-state index in [1.807, 2.05) is 36.4 Å². The van der Waals surface area contributed by atoms with Crippen LogP contribution in [0, 0.1) is 10.1 Å². The second-order valence-corrected chi connectivity index (χ2v) is 7.81. The molecule has 0 amide bonds. The fourth-order valence-electron chi connectivity index (χ4n) is 4.08. The zero-order valence-corrected chi connectivity index (χ0v) is 17.5. The number of piperazine rings is 1. The number of hydrogen-bond acceptors (Lipinski definition) is 7. The normalized spacial score (nSPS) is 14.6. The second-order valence-electron chi connectivity index (χ2n) is 7.81. The Balaban J connectivity index is 1.37. The van der Waals surface area contributed by atoms with Gasteiger partial charge in [0.1, 0.15) is 5.82 Å². The molecule has 3 heterocycles. The van der Waals surface area contributed by atoms with Crippen LogP contribution in [-0.4, -0.2) is 51.0 Å². The molecule has 8 nitrogen and oxygen atoms in total. The maximum atomic E-state index is 11.1. The van der Waals surface area contributed by atoms with Crippen molar-refractivity contribution in [1.82, 2.24) is 19.9 Å². The lowest BCUT2D eigenvalue weighted by Crippen LogP contribution is -2.46. The highest BCUT2D eigenvalue weighted by Gasteiger charge is 2.21. The maximum Gasteiger partial charge on any atom is 0.269 e. The van der Waals surface area contributed by atoms with Crippen molar-refractivity contribution in [1.29, 1.82) is 0 Å². The third kappa shape index (κ3) is 4.13. The van der Waals surface area contributed by atoms with Crippen LogP contribution in [0.5, 0.6) is 0 Å². The van der Waals surface area contributed by atoms with Gasteiger partial charge in [0, 0.05) is 68.2 Å². The Bertz CT molecular complexity index is 1260. The number of rotatable bonds is 5. The average molecular weight is 426 g/mol. The van der Waals surface area contributed by atoms with Crippen LogP contribution in [0.2, 0.25) is 0 Å². The molecule has 0 atom stereocenters. The average Bonchev–Trinajstić information content (AvgIpc) is 2.84. The van der Waals surface area contributed by atoms with Gasteiger partial charge in [0.25, 0.3) is 5.69 Å². The number of nitro benzene ring substituents is 1. The first-order valence-corrected chi connectivity index (χ1v) is 10.6. The van der Waals surface area contributed by atoms with Gasteiger partial charge in [-0.05, 0) is 29.8 Å². The van der Waals surface area contributed by atoms with Gasteiger partial charge in [0.15, 0.2) is 5.82 Å². The maximum absolute atomic E-state index is 11.1. The van der Waals surface area contributed by atoms with E-state index < -0.39 is 0 Å². The van der Waals surface area contributed by atoms with E-state index in [-0.39, 0.29) is 10.6 Å². The highest BCUT2D eigenvalue weighted by molar-refractivity contribution is 5.91. The Morgan fingerprint density at radius 1 is 0.906 bits per heavy atom. The van der Waals surface area contributed by atoms with Gasteiger partial charge in [-0.3, -0.25) is 20.0 Å². The van der Waals surface area contributed by atoms with Gasteiger partial charge in [-0.25, -0.2) is 9.97 Å². The van der Waals surface area contributed by atoms with Gasteiger partial charge in [-0.2, -0.15) is 0 Å². The minimum Gasteiger partial charge on any atom is -0.353 e. The second kappa shape index (κ2) is 8.68. The van der Waals surface area contributed by atoms with Crippen LogP contribution < -0.4 is 4.90 Å². The van der Waals surface area contributed by atoms with Gasteiger partial charge in [0.05, 0.1) is 10.4 Å². The number of anilines is 1. The molecular weight excluding hydrogens is 404 g/mol. The van der Waals surface area contributed by atoms with E-state index in [9.17, 15) is 10.1 Å². The van der Waals surface area contributed by atoms with Gasteiger partial charge in [-0.15, -0.1) is 0 Å². The summed E-state index contributed by atoms with van der Waals surface area (Å²) >= 11 is 0. The molecule has 0 unspecified atom stereocenters. The lowest BCUT2D eigenvalue weighted by molar-refractivity contribution is -0.384. The lowest BCUT2D eigenvalue weighted by Gasteiger charge is -2.36. The van der Waals surface area contributed by atoms with Crippen molar-refractivity contribution in [2.75, 3.05) is 31.1 Å².